The monoisotopic (exact) mass is 182 g/mol. The third-order valence-corrected chi connectivity index (χ3v) is 2.69. The number of allylic oxidation sites excluding steroid dienone is 1. The van der Waals surface area contributed by atoms with Crippen LogP contribution in [0.2, 0.25) is 0 Å². The number of hydrogen-bond donors (Lipinski definition) is 1. The van der Waals surface area contributed by atoms with E-state index < -0.39 is 0 Å². The van der Waals surface area contributed by atoms with Gasteiger partial charge in [-0.2, -0.15) is 0 Å². The molecule has 1 N–H and O–H groups in total. The molecule has 1 aliphatic rings. The lowest BCUT2D eigenvalue weighted by Gasteiger charge is -2.22. The Kier molecular flexibility index (Phi) is 5.09. The minimum Gasteiger partial charge on any atom is -0.313 e. The molecule has 1 heterocycles. The van der Waals surface area contributed by atoms with Crippen LogP contribution < -0.4 is 5.32 Å². The molecule has 1 rings (SSSR count). The molecule has 0 radical (unpaired) electrons. The van der Waals surface area contributed by atoms with Gasteiger partial charge < -0.3 is 5.32 Å². The van der Waals surface area contributed by atoms with Crippen molar-refractivity contribution in [3.8, 4) is 0 Å². The molecule has 0 aromatic rings. The van der Waals surface area contributed by atoms with Crippen LogP contribution in [0.15, 0.2) is 12.2 Å². The molecular weight excluding hydrogens is 160 g/mol. The Morgan fingerprint density at radius 1 is 1.54 bits per heavy atom. The van der Waals surface area contributed by atoms with E-state index in [-0.39, 0.29) is 0 Å². The highest BCUT2D eigenvalue weighted by Gasteiger charge is 2.15. The van der Waals surface area contributed by atoms with Crippen molar-refractivity contribution in [2.24, 2.45) is 0 Å². The lowest BCUT2D eigenvalue weighted by molar-refractivity contribution is 0.287. The molecule has 0 amide bonds. The first-order valence-electron chi connectivity index (χ1n) is 5.43. The Hall–Kier alpha value is -0.340. The largest absolute Gasteiger partial charge is 0.313 e. The number of nitrogens with zero attached hydrogens (tertiary/aromatic N) is 1. The number of hydrogen-bond acceptors (Lipinski definition) is 2. The van der Waals surface area contributed by atoms with Gasteiger partial charge in [-0.25, -0.2) is 0 Å². The average Bonchev–Trinajstić information content (AvgIpc) is 2.64. The highest BCUT2D eigenvalue weighted by Crippen LogP contribution is 2.06. The van der Waals surface area contributed by atoms with Crippen molar-refractivity contribution < 1.29 is 0 Å². The summed E-state index contributed by atoms with van der Waals surface area (Å²) >= 11 is 0. The Labute approximate surface area is 82.0 Å². The Morgan fingerprint density at radius 2 is 2.38 bits per heavy atom. The summed E-state index contributed by atoms with van der Waals surface area (Å²) in [5.41, 5.74) is 0. The molecule has 0 aliphatic carbocycles. The van der Waals surface area contributed by atoms with Crippen LogP contribution in [0.3, 0.4) is 0 Å². The summed E-state index contributed by atoms with van der Waals surface area (Å²) in [6, 6.07) is 0.741. The van der Waals surface area contributed by atoms with E-state index in [9.17, 15) is 0 Å². The average molecular weight is 182 g/mol. The van der Waals surface area contributed by atoms with Gasteiger partial charge in [0.1, 0.15) is 0 Å². The number of likely N-dealkylation sites (N-methyl/N-ethyl adjacent to an activating group) is 1. The van der Waals surface area contributed by atoms with Crippen LogP contribution in [-0.4, -0.2) is 37.1 Å². The van der Waals surface area contributed by atoms with Gasteiger partial charge in [0.05, 0.1) is 0 Å². The predicted molar refractivity (Wildman–Crippen MR) is 58.0 cm³/mol. The summed E-state index contributed by atoms with van der Waals surface area (Å²) in [5.74, 6) is 0. The Morgan fingerprint density at radius 3 is 2.92 bits per heavy atom. The molecule has 0 bridgehead atoms. The van der Waals surface area contributed by atoms with Crippen LogP contribution in [0.4, 0.5) is 0 Å². The van der Waals surface area contributed by atoms with E-state index in [0.717, 1.165) is 19.1 Å². The van der Waals surface area contributed by atoms with Crippen LogP contribution in [0.1, 0.15) is 26.7 Å². The van der Waals surface area contributed by atoms with Gasteiger partial charge in [-0.3, -0.25) is 4.90 Å². The molecule has 1 saturated heterocycles. The first-order chi connectivity index (χ1) is 6.36. The molecule has 76 valence electrons. The van der Waals surface area contributed by atoms with Gasteiger partial charge in [-0.1, -0.05) is 19.1 Å². The van der Waals surface area contributed by atoms with Crippen LogP contribution in [0.25, 0.3) is 0 Å². The smallest absolute Gasteiger partial charge is 0.0195 e. The first-order valence-corrected chi connectivity index (χ1v) is 5.43. The van der Waals surface area contributed by atoms with Crippen LogP contribution >= 0.6 is 0 Å². The molecule has 0 aromatic heterocycles. The zero-order valence-corrected chi connectivity index (χ0v) is 8.92. The van der Waals surface area contributed by atoms with Crippen LogP contribution in [-0.2, 0) is 0 Å². The molecule has 1 unspecified atom stereocenters. The van der Waals surface area contributed by atoms with E-state index in [1.54, 1.807) is 0 Å². The molecule has 1 atom stereocenters. The van der Waals surface area contributed by atoms with E-state index in [2.05, 4.69) is 36.2 Å². The summed E-state index contributed by atoms with van der Waals surface area (Å²) in [4.78, 5) is 2.49. The van der Waals surface area contributed by atoms with Crippen molar-refractivity contribution in [2.45, 2.75) is 32.7 Å². The molecule has 2 heteroatoms. The van der Waals surface area contributed by atoms with Crippen molar-refractivity contribution in [1.82, 2.24) is 10.2 Å². The van der Waals surface area contributed by atoms with Gasteiger partial charge in [0.25, 0.3) is 0 Å². The third-order valence-electron chi connectivity index (χ3n) is 2.69. The minimum atomic E-state index is 0.741. The highest BCUT2D eigenvalue weighted by atomic mass is 15.1. The topological polar surface area (TPSA) is 15.3 Å². The minimum absolute atomic E-state index is 0.741. The summed E-state index contributed by atoms with van der Waals surface area (Å²) in [7, 11) is 0. The third kappa shape index (κ3) is 3.92. The van der Waals surface area contributed by atoms with Crippen molar-refractivity contribution >= 4 is 0 Å². The first kappa shape index (κ1) is 10.7. The van der Waals surface area contributed by atoms with Crippen LogP contribution in [0.5, 0.6) is 0 Å². The summed E-state index contributed by atoms with van der Waals surface area (Å²) < 4.78 is 0. The van der Waals surface area contributed by atoms with Crippen molar-refractivity contribution in [1.29, 1.82) is 0 Å². The summed E-state index contributed by atoms with van der Waals surface area (Å²) in [6.45, 7) is 9.00. The second-order valence-corrected chi connectivity index (χ2v) is 3.71. The van der Waals surface area contributed by atoms with Crippen LogP contribution in [0, 0.1) is 0 Å². The highest BCUT2D eigenvalue weighted by molar-refractivity contribution is 4.84. The van der Waals surface area contributed by atoms with Gasteiger partial charge in [-0.05, 0) is 32.9 Å². The summed E-state index contributed by atoms with van der Waals surface area (Å²) in [5, 5.41) is 3.53. The fraction of sp³-hybridized carbons (Fsp3) is 0.818. The fourth-order valence-electron chi connectivity index (χ4n) is 1.81. The molecule has 1 aliphatic heterocycles. The molecule has 0 spiro atoms. The van der Waals surface area contributed by atoms with Crippen molar-refractivity contribution in [3.63, 3.8) is 0 Å². The maximum absolute atomic E-state index is 3.53. The Balaban J connectivity index is 2.21. The standard InChI is InChI=1S/C11H22N2/c1-3-5-9-13(4-2)10-11-7-6-8-12-11/h3,5,11-12H,4,6-10H2,1-2H3/b5-3+. The fourth-order valence-corrected chi connectivity index (χ4v) is 1.81. The van der Waals surface area contributed by atoms with Gasteiger partial charge >= 0.3 is 0 Å². The molecular formula is C11H22N2. The molecule has 0 saturated carbocycles. The quantitative estimate of drug-likeness (QED) is 0.650. The second-order valence-electron chi connectivity index (χ2n) is 3.71. The molecule has 2 nitrogen and oxygen atoms in total. The van der Waals surface area contributed by atoms with E-state index in [0.29, 0.717) is 0 Å². The molecule has 1 fully saturated rings. The number of nitrogens with one attached hydrogen (secondary N) is 1. The summed E-state index contributed by atoms with van der Waals surface area (Å²) in [6.07, 6.45) is 7.07. The normalized spacial score (nSPS) is 23.5. The SMILES string of the molecule is C/C=C/CN(CC)CC1CCCN1. The van der Waals surface area contributed by atoms with Gasteiger partial charge in [-0.15, -0.1) is 0 Å². The van der Waals surface area contributed by atoms with E-state index >= 15 is 0 Å². The van der Waals surface area contributed by atoms with Crippen molar-refractivity contribution in [2.75, 3.05) is 26.2 Å². The molecule has 13 heavy (non-hydrogen) atoms. The zero-order chi connectivity index (χ0) is 9.52. The van der Waals surface area contributed by atoms with E-state index in [4.69, 9.17) is 0 Å². The van der Waals surface area contributed by atoms with Gasteiger partial charge in [0.2, 0.25) is 0 Å². The maximum atomic E-state index is 3.53. The number of rotatable bonds is 5. The van der Waals surface area contributed by atoms with E-state index in [1.165, 1.54) is 25.9 Å². The van der Waals surface area contributed by atoms with Gasteiger partial charge in [0, 0.05) is 19.1 Å². The zero-order valence-electron chi connectivity index (χ0n) is 8.92. The predicted octanol–water partition coefficient (Wildman–Crippen LogP) is 1.64. The second kappa shape index (κ2) is 6.17. The van der Waals surface area contributed by atoms with E-state index in [1.807, 2.05) is 0 Å². The maximum Gasteiger partial charge on any atom is 0.0195 e. The Bertz CT molecular complexity index is 148. The van der Waals surface area contributed by atoms with Crippen molar-refractivity contribution in [3.05, 3.63) is 12.2 Å². The lowest BCUT2D eigenvalue weighted by atomic mass is 10.2. The molecule has 0 aromatic carbocycles. The van der Waals surface area contributed by atoms with Gasteiger partial charge in [0.15, 0.2) is 0 Å². The lowest BCUT2D eigenvalue weighted by Crippen LogP contribution is -2.37.